The number of carboxylic acid groups (broad SMARTS) is 1. The van der Waals surface area contributed by atoms with Gasteiger partial charge < -0.3 is 5.11 Å². The lowest BCUT2D eigenvalue weighted by atomic mass is 10.2. The lowest BCUT2D eigenvalue weighted by Gasteiger charge is -2.05. The number of halogens is 1. The first kappa shape index (κ1) is 13.6. The molecule has 0 fully saturated rings. The molecule has 0 radical (unpaired) electrons. The van der Waals surface area contributed by atoms with Crippen LogP contribution in [-0.2, 0) is 15.6 Å². The number of benzene rings is 1. The molecule has 0 spiro atoms. The van der Waals surface area contributed by atoms with Crippen molar-refractivity contribution in [2.24, 2.45) is 0 Å². The maximum Gasteiger partial charge on any atom is 0.335 e. The SMILES string of the molecule is O=C(O)c1ccc(F)c(S(=O)(=O)Cc2nccs2)c1. The van der Waals surface area contributed by atoms with Gasteiger partial charge in [-0.15, -0.1) is 11.3 Å². The third-order valence-electron chi connectivity index (χ3n) is 2.31. The second-order valence-electron chi connectivity index (χ2n) is 3.64. The number of hydrogen-bond acceptors (Lipinski definition) is 5. The van der Waals surface area contributed by atoms with Crippen LogP contribution in [0.3, 0.4) is 0 Å². The number of aromatic nitrogens is 1. The molecule has 0 aliphatic carbocycles. The van der Waals surface area contributed by atoms with Crippen LogP contribution in [0.2, 0.25) is 0 Å². The van der Waals surface area contributed by atoms with Gasteiger partial charge in [-0.25, -0.2) is 22.6 Å². The van der Waals surface area contributed by atoms with E-state index in [0.717, 1.165) is 29.5 Å². The molecule has 0 atom stereocenters. The number of thiazole rings is 1. The van der Waals surface area contributed by atoms with E-state index in [1.165, 1.54) is 6.20 Å². The van der Waals surface area contributed by atoms with Crippen LogP contribution in [-0.4, -0.2) is 24.5 Å². The molecule has 2 aromatic rings. The number of aromatic carboxylic acids is 1. The van der Waals surface area contributed by atoms with Crippen LogP contribution in [0.5, 0.6) is 0 Å². The number of sulfone groups is 1. The summed E-state index contributed by atoms with van der Waals surface area (Å²) in [6, 6.07) is 2.67. The molecule has 0 aliphatic heterocycles. The Balaban J connectivity index is 2.45. The van der Waals surface area contributed by atoms with Crippen molar-refractivity contribution in [1.82, 2.24) is 4.98 Å². The fourth-order valence-corrected chi connectivity index (χ4v) is 3.80. The summed E-state index contributed by atoms with van der Waals surface area (Å²) in [5.74, 6) is -2.74. The number of nitrogens with zero attached hydrogens (tertiary/aromatic N) is 1. The molecule has 0 saturated heterocycles. The maximum atomic E-state index is 13.6. The molecule has 1 N–H and O–H groups in total. The van der Waals surface area contributed by atoms with Crippen molar-refractivity contribution in [3.8, 4) is 0 Å². The molecular weight excluding hydrogens is 293 g/mol. The van der Waals surface area contributed by atoms with E-state index in [0.29, 0.717) is 5.01 Å². The second kappa shape index (κ2) is 5.06. The normalized spacial score (nSPS) is 11.4. The van der Waals surface area contributed by atoms with Crippen molar-refractivity contribution in [3.63, 3.8) is 0 Å². The molecule has 0 bridgehead atoms. The highest BCUT2D eigenvalue weighted by Crippen LogP contribution is 2.22. The molecule has 1 aromatic heterocycles. The van der Waals surface area contributed by atoms with E-state index in [1.54, 1.807) is 5.38 Å². The minimum atomic E-state index is -3.96. The Morgan fingerprint density at radius 1 is 1.42 bits per heavy atom. The minimum absolute atomic E-state index is 0.279. The Morgan fingerprint density at radius 2 is 2.16 bits per heavy atom. The van der Waals surface area contributed by atoms with E-state index < -0.39 is 32.3 Å². The summed E-state index contributed by atoms with van der Waals surface area (Å²) in [5.41, 5.74) is -0.279. The molecule has 0 saturated carbocycles. The zero-order valence-electron chi connectivity index (χ0n) is 9.41. The van der Waals surface area contributed by atoms with Gasteiger partial charge in [0.2, 0.25) is 0 Å². The molecule has 100 valence electrons. The van der Waals surface area contributed by atoms with Gasteiger partial charge >= 0.3 is 5.97 Å². The molecule has 1 aromatic carbocycles. The topological polar surface area (TPSA) is 84.3 Å². The van der Waals surface area contributed by atoms with Gasteiger partial charge in [-0.05, 0) is 18.2 Å². The Kier molecular flexibility index (Phi) is 3.63. The number of carboxylic acids is 1. The Hall–Kier alpha value is -1.80. The molecular formula is C11H8FNO4S2. The molecule has 5 nitrogen and oxygen atoms in total. The summed E-state index contributed by atoms with van der Waals surface area (Å²) in [4.78, 5) is 14.0. The second-order valence-corrected chi connectivity index (χ2v) is 6.57. The molecule has 1 heterocycles. The molecule has 0 aliphatic rings. The van der Waals surface area contributed by atoms with Crippen LogP contribution in [0.25, 0.3) is 0 Å². The zero-order valence-corrected chi connectivity index (χ0v) is 11.0. The van der Waals surface area contributed by atoms with Gasteiger partial charge in [-0.1, -0.05) is 0 Å². The van der Waals surface area contributed by atoms with Crippen molar-refractivity contribution in [3.05, 3.63) is 46.2 Å². The van der Waals surface area contributed by atoms with E-state index >= 15 is 0 Å². The Labute approximate surface area is 112 Å². The quantitative estimate of drug-likeness (QED) is 0.933. The zero-order chi connectivity index (χ0) is 14.0. The van der Waals surface area contributed by atoms with Crippen LogP contribution in [0, 0.1) is 5.82 Å². The third kappa shape index (κ3) is 2.96. The molecule has 2 rings (SSSR count). The summed E-state index contributed by atoms with van der Waals surface area (Å²) in [7, 11) is -3.96. The van der Waals surface area contributed by atoms with Crippen LogP contribution in [0.15, 0.2) is 34.7 Å². The van der Waals surface area contributed by atoms with Crippen LogP contribution < -0.4 is 0 Å². The molecule has 0 amide bonds. The molecule has 8 heteroatoms. The van der Waals surface area contributed by atoms with Gasteiger partial charge in [0, 0.05) is 11.6 Å². The monoisotopic (exact) mass is 301 g/mol. The van der Waals surface area contributed by atoms with E-state index in [4.69, 9.17) is 5.11 Å². The first-order chi connectivity index (χ1) is 8.90. The highest BCUT2D eigenvalue weighted by Gasteiger charge is 2.22. The van der Waals surface area contributed by atoms with E-state index in [1.807, 2.05) is 0 Å². The summed E-state index contributed by atoms with van der Waals surface area (Å²) in [6.07, 6.45) is 1.44. The van der Waals surface area contributed by atoms with Crippen LogP contribution in [0.4, 0.5) is 4.39 Å². The number of hydrogen-bond donors (Lipinski definition) is 1. The number of carbonyl (C=O) groups is 1. The van der Waals surface area contributed by atoms with Crippen molar-refractivity contribution in [2.45, 2.75) is 10.6 Å². The highest BCUT2D eigenvalue weighted by molar-refractivity contribution is 7.90. The third-order valence-corrected chi connectivity index (χ3v) is 4.91. The summed E-state index contributed by atoms with van der Waals surface area (Å²) < 4.78 is 37.6. The fraction of sp³-hybridized carbons (Fsp3) is 0.0909. The van der Waals surface area contributed by atoms with Crippen molar-refractivity contribution >= 4 is 27.1 Å². The van der Waals surface area contributed by atoms with Crippen LogP contribution >= 0.6 is 11.3 Å². The van der Waals surface area contributed by atoms with Gasteiger partial charge in [-0.2, -0.15) is 0 Å². The average molecular weight is 301 g/mol. The van der Waals surface area contributed by atoms with E-state index in [9.17, 15) is 17.6 Å². The minimum Gasteiger partial charge on any atom is -0.478 e. The highest BCUT2D eigenvalue weighted by atomic mass is 32.2. The summed E-state index contributed by atoms with van der Waals surface area (Å²) in [5, 5.41) is 10.7. The Morgan fingerprint density at radius 3 is 2.74 bits per heavy atom. The smallest absolute Gasteiger partial charge is 0.335 e. The first-order valence-corrected chi connectivity index (χ1v) is 7.57. The van der Waals surface area contributed by atoms with Gasteiger partial charge in [0.15, 0.2) is 9.84 Å². The van der Waals surface area contributed by atoms with Gasteiger partial charge in [0.05, 0.1) is 5.56 Å². The predicted molar refractivity (Wildman–Crippen MR) is 66.4 cm³/mol. The van der Waals surface area contributed by atoms with Crippen LogP contribution in [0.1, 0.15) is 15.4 Å². The maximum absolute atomic E-state index is 13.6. The van der Waals surface area contributed by atoms with Crippen molar-refractivity contribution in [2.75, 3.05) is 0 Å². The standard InChI is InChI=1S/C11H8FNO4S2/c12-8-2-1-7(11(14)15)5-9(8)19(16,17)6-10-13-3-4-18-10/h1-5H,6H2,(H,14,15). The summed E-state index contributed by atoms with van der Waals surface area (Å²) in [6.45, 7) is 0. The first-order valence-electron chi connectivity index (χ1n) is 5.04. The lowest BCUT2D eigenvalue weighted by molar-refractivity contribution is 0.0696. The molecule has 19 heavy (non-hydrogen) atoms. The summed E-state index contributed by atoms with van der Waals surface area (Å²) >= 11 is 1.13. The Bertz CT molecular complexity index is 710. The van der Waals surface area contributed by atoms with Gasteiger partial charge in [0.1, 0.15) is 21.5 Å². The largest absolute Gasteiger partial charge is 0.478 e. The fourth-order valence-electron chi connectivity index (χ4n) is 1.44. The van der Waals surface area contributed by atoms with Gasteiger partial charge in [-0.3, -0.25) is 0 Å². The van der Waals surface area contributed by atoms with Crippen molar-refractivity contribution in [1.29, 1.82) is 0 Å². The van der Waals surface area contributed by atoms with Crippen molar-refractivity contribution < 1.29 is 22.7 Å². The van der Waals surface area contributed by atoms with Gasteiger partial charge in [0.25, 0.3) is 0 Å². The molecule has 0 unspecified atom stereocenters. The average Bonchev–Trinajstić information content (AvgIpc) is 2.81. The van der Waals surface area contributed by atoms with E-state index in [-0.39, 0.29) is 5.56 Å². The predicted octanol–water partition coefficient (Wildman–Crippen LogP) is 1.95. The number of rotatable bonds is 4. The van der Waals surface area contributed by atoms with E-state index in [2.05, 4.69) is 4.98 Å². The lowest BCUT2D eigenvalue weighted by Crippen LogP contribution is -2.09.